The van der Waals surface area contributed by atoms with Crippen LogP contribution >= 0.6 is 0 Å². The molecule has 0 N–H and O–H groups in total. The summed E-state index contributed by atoms with van der Waals surface area (Å²) in [5.74, 6) is 0. The number of hydrogen-bond acceptors (Lipinski definition) is 2. The van der Waals surface area contributed by atoms with Crippen LogP contribution in [0.25, 0.3) is 0 Å². The van der Waals surface area contributed by atoms with Gasteiger partial charge in [-0.3, -0.25) is 0 Å². The zero-order valence-corrected chi connectivity index (χ0v) is 17.2. The molecular weight excluding hydrogens is 404 g/mol. The first-order valence-electron chi connectivity index (χ1n) is 7.69. The predicted molar refractivity (Wildman–Crippen MR) is 81.2 cm³/mol. The monoisotopic (exact) mass is 438 g/mol. The maximum atomic E-state index is 5.02. The van der Waals surface area contributed by atoms with E-state index in [0.717, 1.165) is 0 Å². The molecular formula is C16H34N2W. The Hall–Kier alpha value is 0.288. The van der Waals surface area contributed by atoms with E-state index in [9.17, 15) is 0 Å². The Morgan fingerprint density at radius 3 is 1.26 bits per heavy atom. The van der Waals surface area contributed by atoms with Crippen molar-refractivity contribution in [2.75, 3.05) is 0 Å². The SMILES string of the molecule is CCCC([N]=[W]=[N]C(CCC)C(C)(C)C)C(C)(C)C. The van der Waals surface area contributed by atoms with Crippen LogP contribution in [0, 0.1) is 10.8 Å². The molecule has 114 valence electrons. The van der Waals surface area contributed by atoms with Crippen molar-refractivity contribution in [3.63, 3.8) is 0 Å². The van der Waals surface area contributed by atoms with E-state index in [-0.39, 0.29) is 0 Å². The van der Waals surface area contributed by atoms with Crippen LogP contribution in [0.3, 0.4) is 0 Å². The molecule has 0 rings (SSSR count). The minimum atomic E-state index is -0.895. The van der Waals surface area contributed by atoms with Crippen molar-refractivity contribution in [3.8, 4) is 0 Å². The van der Waals surface area contributed by atoms with Crippen molar-refractivity contribution in [2.45, 2.75) is 93.2 Å². The molecule has 19 heavy (non-hydrogen) atoms. The molecule has 0 saturated heterocycles. The van der Waals surface area contributed by atoms with Gasteiger partial charge in [-0.25, -0.2) is 0 Å². The van der Waals surface area contributed by atoms with Gasteiger partial charge in [0.2, 0.25) is 0 Å². The average molecular weight is 438 g/mol. The van der Waals surface area contributed by atoms with Crippen LogP contribution in [0.15, 0.2) is 6.99 Å². The van der Waals surface area contributed by atoms with Crippen molar-refractivity contribution >= 4 is 0 Å². The third-order valence-corrected chi connectivity index (χ3v) is 5.98. The molecule has 0 aliphatic rings. The van der Waals surface area contributed by atoms with Crippen molar-refractivity contribution in [1.29, 1.82) is 0 Å². The molecule has 2 nitrogen and oxygen atoms in total. The van der Waals surface area contributed by atoms with E-state index in [1.807, 2.05) is 0 Å². The molecule has 0 spiro atoms. The van der Waals surface area contributed by atoms with Crippen LogP contribution in [0.4, 0.5) is 0 Å². The fraction of sp³-hybridized carbons (Fsp3) is 1.00. The van der Waals surface area contributed by atoms with Gasteiger partial charge in [-0.05, 0) is 0 Å². The van der Waals surface area contributed by atoms with Gasteiger partial charge in [-0.1, -0.05) is 0 Å². The van der Waals surface area contributed by atoms with E-state index >= 15 is 0 Å². The molecule has 3 heteroatoms. The summed E-state index contributed by atoms with van der Waals surface area (Å²) < 4.78 is 10.0. The molecule has 0 aromatic heterocycles. The van der Waals surface area contributed by atoms with Crippen molar-refractivity contribution in [2.24, 2.45) is 17.8 Å². The van der Waals surface area contributed by atoms with Crippen molar-refractivity contribution in [1.82, 2.24) is 0 Å². The fourth-order valence-corrected chi connectivity index (χ4v) is 6.02. The van der Waals surface area contributed by atoms with E-state index in [4.69, 9.17) is 6.99 Å². The quantitative estimate of drug-likeness (QED) is 0.496. The summed E-state index contributed by atoms with van der Waals surface area (Å²) in [5, 5.41) is 0. The third-order valence-electron chi connectivity index (χ3n) is 3.47. The molecule has 0 aliphatic carbocycles. The molecule has 0 aromatic carbocycles. The van der Waals surface area contributed by atoms with E-state index in [1.165, 1.54) is 25.7 Å². The maximum absolute atomic E-state index is 5.02. The molecule has 0 heterocycles. The second-order valence-electron chi connectivity index (χ2n) is 7.63. The summed E-state index contributed by atoms with van der Waals surface area (Å²) in [7, 11) is 0. The molecule has 0 aliphatic heterocycles. The summed E-state index contributed by atoms with van der Waals surface area (Å²) in [6, 6.07) is 1.02. The zero-order valence-electron chi connectivity index (χ0n) is 14.3. The van der Waals surface area contributed by atoms with Crippen LogP contribution in [0.2, 0.25) is 0 Å². The molecule has 2 unspecified atom stereocenters. The van der Waals surface area contributed by atoms with Gasteiger partial charge in [0.15, 0.2) is 0 Å². The summed E-state index contributed by atoms with van der Waals surface area (Å²) >= 11 is -0.895. The second kappa shape index (κ2) is 8.55. The minimum absolute atomic E-state index is 0.299. The summed E-state index contributed by atoms with van der Waals surface area (Å²) in [6.45, 7) is 18.4. The van der Waals surface area contributed by atoms with E-state index < -0.39 is 18.2 Å². The van der Waals surface area contributed by atoms with Crippen LogP contribution < -0.4 is 0 Å². The topological polar surface area (TPSA) is 24.7 Å². The van der Waals surface area contributed by atoms with Crippen molar-refractivity contribution in [3.05, 3.63) is 0 Å². The fourth-order valence-electron chi connectivity index (χ4n) is 1.98. The standard InChI is InChI=1S/2C8H17N.W/c2*1-5-6-7(9)8(2,3)4;/h2*7H,5-6H2,1-4H3;. The van der Waals surface area contributed by atoms with Crippen LogP contribution in [0.5, 0.6) is 0 Å². The number of nitrogens with zero attached hydrogens (tertiary/aromatic N) is 2. The average Bonchev–Trinajstić information content (AvgIpc) is 2.23. The molecule has 0 fully saturated rings. The predicted octanol–water partition coefficient (Wildman–Crippen LogP) is 5.87. The Morgan fingerprint density at radius 1 is 0.737 bits per heavy atom. The van der Waals surface area contributed by atoms with E-state index in [2.05, 4.69) is 55.4 Å². The first-order chi connectivity index (χ1) is 8.62. The zero-order chi connectivity index (χ0) is 15.1. The summed E-state index contributed by atoms with van der Waals surface area (Å²) in [5.41, 5.74) is 0.598. The van der Waals surface area contributed by atoms with Gasteiger partial charge in [-0.2, -0.15) is 0 Å². The van der Waals surface area contributed by atoms with Gasteiger partial charge in [0.1, 0.15) is 0 Å². The van der Waals surface area contributed by atoms with Gasteiger partial charge >= 0.3 is 129 Å². The number of rotatable bonds is 6. The second-order valence-corrected chi connectivity index (χ2v) is 9.73. The normalized spacial score (nSPS) is 15.8. The van der Waals surface area contributed by atoms with Gasteiger partial charge in [0.05, 0.1) is 0 Å². The van der Waals surface area contributed by atoms with Gasteiger partial charge in [0.25, 0.3) is 0 Å². The summed E-state index contributed by atoms with van der Waals surface area (Å²) in [6.07, 6.45) is 4.88. The Kier molecular flexibility index (Phi) is 8.68. The Bertz CT molecular complexity index is 276. The van der Waals surface area contributed by atoms with Crippen LogP contribution in [-0.2, 0) is 18.2 Å². The van der Waals surface area contributed by atoms with Crippen LogP contribution in [0.1, 0.15) is 81.1 Å². The Balaban J connectivity index is 4.93. The van der Waals surface area contributed by atoms with Crippen molar-refractivity contribution < 1.29 is 18.2 Å². The first kappa shape index (κ1) is 19.3. The summed E-state index contributed by atoms with van der Waals surface area (Å²) in [4.78, 5) is 0. The molecule has 0 amide bonds. The molecule has 2 atom stereocenters. The van der Waals surface area contributed by atoms with Gasteiger partial charge < -0.3 is 0 Å². The molecule has 0 bridgehead atoms. The van der Waals surface area contributed by atoms with Gasteiger partial charge in [-0.15, -0.1) is 0 Å². The first-order valence-corrected chi connectivity index (χ1v) is 10.3. The van der Waals surface area contributed by atoms with Crippen LogP contribution in [-0.4, -0.2) is 12.1 Å². The van der Waals surface area contributed by atoms with Gasteiger partial charge in [0, 0.05) is 0 Å². The number of hydrogen-bond donors (Lipinski definition) is 0. The Labute approximate surface area is 129 Å². The molecule has 0 aromatic rings. The third kappa shape index (κ3) is 8.22. The van der Waals surface area contributed by atoms with E-state index in [0.29, 0.717) is 22.9 Å². The molecule has 0 saturated carbocycles. The Morgan fingerprint density at radius 2 is 1.05 bits per heavy atom. The van der Waals surface area contributed by atoms with E-state index in [1.54, 1.807) is 0 Å². The molecule has 0 radical (unpaired) electrons.